The lowest BCUT2D eigenvalue weighted by molar-refractivity contribution is -0.132. The maximum absolute atomic E-state index is 13.5. The van der Waals surface area contributed by atoms with Gasteiger partial charge in [0.05, 0.1) is 18.7 Å². The number of Topliss-reactive ketones (excluding diaryl/α,β-unsaturated/α-hetero) is 1. The predicted octanol–water partition coefficient (Wildman–Crippen LogP) is 5.11. The van der Waals surface area contributed by atoms with Crippen LogP contribution in [0.15, 0.2) is 78.4 Å². The average Bonchev–Trinajstić information content (AvgIpc) is 3.05. The zero-order chi connectivity index (χ0) is 22.1. The number of nitrogens with zero attached hydrogens (tertiary/aromatic N) is 1. The first kappa shape index (κ1) is 20.6. The summed E-state index contributed by atoms with van der Waals surface area (Å²) < 4.78 is 18.9. The maximum atomic E-state index is 13.5. The highest BCUT2D eigenvalue weighted by Crippen LogP contribution is 2.44. The zero-order valence-corrected chi connectivity index (χ0v) is 17.1. The van der Waals surface area contributed by atoms with E-state index in [-0.39, 0.29) is 11.3 Å². The van der Waals surface area contributed by atoms with Gasteiger partial charge in [-0.3, -0.25) is 14.5 Å². The number of carbonyl (C=O) groups excluding carboxylic acids is 2. The number of halogens is 2. The molecule has 5 nitrogen and oxygen atoms in total. The highest BCUT2D eigenvalue weighted by atomic mass is 35.5. The SMILES string of the molecule is COc1ccccc1[C@@H]1C(=C(O)c2ccc(Cl)cc2)C(=O)C(=O)N1c1ccc(F)cc1. The summed E-state index contributed by atoms with van der Waals surface area (Å²) in [7, 11) is 1.47. The van der Waals surface area contributed by atoms with Gasteiger partial charge in [-0.05, 0) is 54.6 Å². The number of hydrogen-bond donors (Lipinski definition) is 1. The third-order valence-corrected chi connectivity index (χ3v) is 5.35. The summed E-state index contributed by atoms with van der Waals surface area (Å²) in [6.07, 6.45) is 0. The molecule has 1 aliphatic heterocycles. The van der Waals surface area contributed by atoms with Crippen LogP contribution in [0, 0.1) is 5.82 Å². The van der Waals surface area contributed by atoms with Crippen LogP contribution in [0.2, 0.25) is 5.02 Å². The Labute approximate surface area is 182 Å². The van der Waals surface area contributed by atoms with Crippen molar-refractivity contribution >= 4 is 34.7 Å². The normalized spacial score (nSPS) is 17.8. The number of rotatable bonds is 4. The van der Waals surface area contributed by atoms with Crippen LogP contribution < -0.4 is 9.64 Å². The second-order valence-electron chi connectivity index (χ2n) is 6.89. The summed E-state index contributed by atoms with van der Waals surface area (Å²) >= 11 is 5.93. The fourth-order valence-corrected chi connectivity index (χ4v) is 3.78. The smallest absolute Gasteiger partial charge is 0.300 e. The van der Waals surface area contributed by atoms with Gasteiger partial charge in [-0.2, -0.15) is 0 Å². The number of ether oxygens (including phenoxy) is 1. The Morgan fingerprint density at radius 1 is 1.00 bits per heavy atom. The number of methoxy groups -OCH3 is 1. The molecule has 3 aromatic rings. The lowest BCUT2D eigenvalue weighted by Gasteiger charge is -2.26. The van der Waals surface area contributed by atoms with Crippen LogP contribution in [0.4, 0.5) is 10.1 Å². The topological polar surface area (TPSA) is 66.8 Å². The molecular formula is C24H17ClFNO4. The minimum absolute atomic E-state index is 0.0962. The monoisotopic (exact) mass is 437 g/mol. The first-order chi connectivity index (χ1) is 14.9. The molecule has 1 N–H and O–H groups in total. The Balaban J connectivity index is 1.97. The zero-order valence-electron chi connectivity index (χ0n) is 16.4. The number of anilines is 1. The van der Waals surface area contributed by atoms with Crippen molar-refractivity contribution in [3.8, 4) is 5.75 Å². The molecule has 1 fully saturated rings. The fraction of sp³-hybridized carbons (Fsp3) is 0.0833. The van der Waals surface area contributed by atoms with Crippen molar-refractivity contribution in [1.29, 1.82) is 0 Å². The van der Waals surface area contributed by atoms with Gasteiger partial charge in [-0.1, -0.05) is 29.8 Å². The Kier molecular flexibility index (Phi) is 5.48. The number of hydrogen-bond acceptors (Lipinski definition) is 4. The number of ketones is 1. The molecule has 156 valence electrons. The molecule has 1 amide bonds. The Hall–Kier alpha value is -3.64. The van der Waals surface area contributed by atoms with E-state index >= 15 is 0 Å². The maximum Gasteiger partial charge on any atom is 0.300 e. The number of aliphatic hydroxyl groups is 1. The number of carbonyl (C=O) groups is 2. The highest BCUT2D eigenvalue weighted by molar-refractivity contribution is 6.51. The molecule has 0 aromatic heterocycles. The van der Waals surface area contributed by atoms with E-state index in [1.807, 2.05) is 0 Å². The molecule has 0 aliphatic carbocycles. The van der Waals surface area contributed by atoms with Crippen molar-refractivity contribution < 1.29 is 23.8 Å². The molecule has 31 heavy (non-hydrogen) atoms. The van der Waals surface area contributed by atoms with E-state index in [9.17, 15) is 19.1 Å². The van der Waals surface area contributed by atoms with Gasteiger partial charge in [0.1, 0.15) is 17.3 Å². The molecule has 0 bridgehead atoms. The van der Waals surface area contributed by atoms with Crippen molar-refractivity contribution in [3.63, 3.8) is 0 Å². The van der Waals surface area contributed by atoms with Crippen LogP contribution in [-0.2, 0) is 9.59 Å². The van der Waals surface area contributed by atoms with Gasteiger partial charge in [0.25, 0.3) is 11.7 Å². The summed E-state index contributed by atoms with van der Waals surface area (Å²) in [6, 6.07) is 17.4. The summed E-state index contributed by atoms with van der Waals surface area (Å²) in [5.74, 6) is -2.07. The largest absolute Gasteiger partial charge is 0.507 e. The van der Waals surface area contributed by atoms with Gasteiger partial charge in [-0.15, -0.1) is 0 Å². The van der Waals surface area contributed by atoms with Gasteiger partial charge in [0.15, 0.2) is 0 Å². The second kappa shape index (κ2) is 8.24. The van der Waals surface area contributed by atoms with E-state index in [0.717, 1.165) is 0 Å². The van der Waals surface area contributed by atoms with Gasteiger partial charge < -0.3 is 9.84 Å². The molecule has 1 atom stereocenters. The van der Waals surface area contributed by atoms with E-state index in [2.05, 4.69) is 0 Å². The summed E-state index contributed by atoms with van der Waals surface area (Å²) in [4.78, 5) is 27.4. The highest BCUT2D eigenvalue weighted by Gasteiger charge is 2.47. The van der Waals surface area contributed by atoms with E-state index in [1.165, 1.54) is 36.3 Å². The van der Waals surface area contributed by atoms with E-state index < -0.39 is 23.5 Å². The molecule has 0 unspecified atom stereocenters. The molecule has 0 radical (unpaired) electrons. The van der Waals surface area contributed by atoms with Crippen LogP contribution in [0.5, 0.6) is 5.75 Å². The quantitative estimate of drug-likeness (QED) is 0.350. The minimum atomic E-state index is -0.975. The molecule has 1 saturated heterocycles. The Morgan fingerprint density at radius 2 is 1.65 bits per heavy atom. The first-order valence-corrected chi connectivity index (χ1v) is 9.75. The average molecular weight is 438 g/mol. The second-order valence-corrected chi connectivity index (χ2v) is 7.33. The predicted molar refractivity (Wildman–Crippen MR) is 116 cm³/mol. The van der Waals surface area contributed by atoms with Crippen LogP contribution in [0.3, 0.4) is 0 Å². The van der Waals surface area contributed by atoms with Crippen LogP contribution in [0.25, 0.3) is 5.76 Å². The molecule has 0 saturated carbocycles. The Bertz CT molecular complexity index is 1190. The molecule has 3 aromatic carbocycles. The van der Waals surface area contributed by atoms with Gasteiger partial charge >= 0.3 is 0 Å². The number of para-hydroxylation sites is 1. The van der Waals surface area contributed by atoms with Crippen molar-refractivity contribution in [2.45, 2.75) is 6.04 Å². The van der Waals surface area contributed by atoms with Gasteiger partial charge in [-0.25, -0.2) is 4.39 Å². The fourth-order valence-electron chi connectivity index (χ4n) is 3.65. The molecule has 0 spiro atoms. The Morgan fingerprint density at radius 3 is 2.29 bits per heavy atom. The standard InChI is InChI=1S/C24H17ClFNO4/c1-31-19-5-3-2-4-18(19)21-20(22(28)14-6-8-15(25)9-7-14)23(29)24(30)27(21)17-12-10-16(26)11-13-17/h2-13,21,28H,1H3/t21-/m1/s1. The number of amides is 1. The van der Waals surface area contributed by atoms with Crippen LogP contribution >= 0.6 is 11.6 Å². The van der Waals surface area contributed by atoms with E-state index in [1.54, 1.807) is 48.5 Å². The van der Waals surface area contributed by atoms with E-state index in [0.29, 0.717) is 27.6 Å². The minimum Gasteiger partial charge on any atom is -0.507 e. The van der Waals surface area contributed by atoms with Crippen LogP contribution in [-0.4, -0.2) is 23.9 Å². The van der Waals surface area contributed by atoms with Crippen LogP contribution in [0.1, 0.15) is 17.2 Å². The van der Waals surface area contributed by atoms with Crippen molar-refractivity contribution in [1.82, 2.24) is 0 Å². The third-order valence-electron chi connectivity index (χ3n) is 5.10. The summed E-state index contributed by atoms with van der Waals surface area (Å²) in [5, 5.41) is 11.5. The molecule has 1 aliphatic rings. The molecular weight excluding hydrogens is 421 g/mol. The van der Waals surface area contributed by atoms with Crippen molar-refractivity contribution in [2.75, 3.05) is 12.0 Å². The lowest BCUT2D eigenvalue weighted by atomic mass is 9.94. The lowest BCUT2D eigenvalue weighted by Crippen LogP contribution is -2.29. The number of benzene rings is 3. The molecule has 7 heteroatoms. The first-order valence-electron chi connectivity index (χ1n) is 9.38. The van der Waals surface area contributed by atoms with E-state index in [4.69, 9.17) is 16.3 Å². The summed E-state index contributed by atoms with van der Waals surface area (Å²) in [6.45, 7) is 0. The van der Waals surface area contributed by atoms with Crippen molar-refractivity contribution in [2.24, 2.45) is 0 Å². The van der Waals surface area contributed by atoms with Crippen molar-refractivity contribution in [3.05, 3.63) is 100 Å². The van der Waals surface area contributed by atoms with Gasteiger partial charge in [0.2, 0.25) is 0 Å². The van der Waals surface area contributed by atoms with Gasteiger partial charge in [0, 0.05) is 21.8 Å². The third kappa shape index (κ3) is 3.66. The molecule has 1 heterocycles. The molecule has 4 rings (SSSR count). The summed E-state index contributed by atoms with van der Waals surface area (Å²) in [5.41, 5.74) is 1.06. The number of aliphatic hydroxyl groups excluding tert-OH is 1.